The number of carbonyl (C=O) groups excluding carboxylic acids is 1. The second kappa shape index (κ2) is 6.93. The highest BCUT2D eigenvalue weighted by Gasteiger charge is 2.15. The van der Waals surface area contributed by atoms with Crippen molar-refractivity contribution in [3.05, 3.63) is 68.5 Å². The summed E-state index contributed by atoms with van der Waals surface area (Å²) < 4.78 is 0. The Morgan fingerprint density at radius 3 is 2.54 bits per heavy atom. The molecule has 0 atom stereocenters. The number of halogens is 2. The van der Waals surface area contributed by atoms with Crippen LogP contribution in [0, 0.1) is 13.8 Å². The molecule has 0 saturated carbocycles. The molecular formula is C18H14Cl2N2OS. The summed E-state index contributed by atoms with van der Waals surface area (Å²) in [6.45, 7) is 3.86. The van der Waals surface area contributed by atoms with Gasteiger partial charge in [-0.25, -0.2) is 4.98 Å². The van der Waals surface area contributed by atoms with Crippen molar-refractivity contribution in [3.63, 3.8) is 0 Å². The minimum absolute atomic E-state index is 0.164. The number of anilines is 1. The lowest BCUT2D eigenvalue weighted by atomic mass is 10.1. The number of hydrogen-bond acceptors (Lipinski definition) is 3. The van der Waals surface area contributed by atoms with Crippen LogP contribution in [0.25, 0.3) is 11.3 Å². The molecule has 3 aromatic rings. The van der Waals surface area contributed by atoms with Crippen molar-refractivity contribution in [2.45, 2.75) is 13.8 Å². The summed E-state index contributed by atoms with van der Waals surface area (Å²) in [5, 5.41) is 4.40. The lowest BCUT2D eigenvalue weighted by molar-refractivity contribution is 0.102. The number of amides is 1. The van der Waals surface area contributed by atoms with E-state index in [0.29, 0.717) is 20.7 Å². The van der Waals surface area contributed by atoms with Crippen LogP contribution in [0.3, 0.4) is 0 Å². The normalized spacial score (nSPS) is 10.7. The van der Waals surface area contributed by atoms with Crippen LogP contribution in [0.2, 0.25) is 10.0 Å². The highest BCUT2D eigenvalue weighted by Crippen LogP contribution is 2.34. The molecule has 0 unspecified atom stereocenters. The van der Waals surface area contributed by atoms with Gasteiger partial charge >= 0.3 is 0 Å². The zero-order valence-electron chi connectivity index (χ0n) is 13.1. The minimum Gasteiger partial charge on any atom is -0.298 e. The Balaban J connectivity index is 1.88. The lowest BCUT2D eigenvalue weighted by Crippen LogP contribution is -2.12. The maximum absolute atomic E-state index is 12.4. The molecule has 0 aliphatic carbocycles. The van der Waals surface area contributed by atoms with Gasteiger partial charge in [-0.1, -0.05) is 47.5 Å². The zero-order valence-corrected chi connectivity index (χ0v) is 15.4. The Hall–Kier alpha value is -1.88. The summed E-state index contributed by atoms with van der Waals surface area (Å²) in [6.07, 6.45) is 0. The third kappa shape index (κ3) is 3.46. The lowest BCUT2D eigenvalue weighted by Gasteiger charge is -2.04. The fourth-order valence-electron chi connectivity index (χ4n) is 2.35. The van der Waals surface area contributed by atoms with Gasteiger partial charge in [-0.2, -0.15) is 0 Å². The number of hydrogen-bond donors (Lipinski definition) is 1. The number of aromatic nitrogens is 1. The number of benzene rings is 2. The summed E-state index contributed by atoms with van der Waals surface area (Å²) in [6, 6.07) is 12.8. The maximum atomic E-state index is 12.4. The van der Waals surface area contributed by atoms with E-state index in [9.17, 15) is 4.79 Å². The largest absolute Gasteiger partial charge is 0.298 e. The van der Waals surface area contributed by atoms with E-state index in [1.54, 1.807) is 18.2 Å². The number of aryl methyl sites for hydroxylation is 2. The highest BCUT2D eigenvalue weighted by molar-refractivity contribution is 7.16. The molecule has 0 aliphatic rings. The Kier molecular flexibility index (Phi) is 4.90. The van der Waals surface area contributed by atoms with E-state index in [4.69, 9.17) is 23.2 Å². The number of nitrogens with zero attached hydrogens (tertiary/aromatic N) is 1. The third-order valence-corrected chi connectivity index (χ3v) is 5.23. The van der Waals surface area contributed by atoms with Gasteiger partial charge in [-0.05, 0) is 37.6 Å². The molecule has 24 heavy (non-hydrogen) atoms. The first kappa shape index (κ1) is 17.0. The monoisotopic (exact) mass is 376 g/mol. The summed E-state index contributed by atoms with van der Waals surface area (Å²) in [4.78, 5) is 17.9. The number of thiazole rings is 1. The molecule has 2 aromatic carbocycles. The van der Waals surface area contributed by atoms with Crippen molar-refractivity contribution in [3.8, 4) is 11.3 Å². The van der Waals surface area contributed by atoms with E-state index in [2.05, 4.69) is 10.3 Å². The van der Waals surface area contributed by atoms with Gasteiger partial charge in [0.2, 0.25) is 0 Å². The van der Waals surface area contributed by atoms with Gasteiger partial charge in [0.25, 0.3) is 5.91 Å². The fourth-order valence-corrected chi connectivity index (χ4v) is 3.48. The molecule has 0 radical (unpaired) electrons. The second-order valence-corrected chi connectivity index (χ2v) is 7.34. The van der Waals surface area contributed by atoms with Gasteiger partial charge in [-0.15, -0.1) is 11.3 Å². The predicted octanol–water partition coefficient (Wildman–Crippen LogP) is 5.99. The van der Waals surface area contributed by atoms with Crippen LogP contribution < -0.4 is 5.32 Å². The second-order valence-electron chi connectivity index (χ2n) is 5.32. The van der Waals surface area contributed by atoms with Crippen LogP contribution in [0.5, 0.6) is 0 Å². The summed E-state index contributed by atoms with van der Waals surface area (Å²) >= 11 is 13.5. The standard InChI is InChI=1S/C18H14Cl2N2OS/c1-10-5-3-4-6-13(10)17(23)22-18-21-16(11(2)24-18)12-7-8-14(19)15(20)9-12/h3-9H,1-2H3,(H,21,22,23). The Morgan fingerprint density at radius 1 is 1.08 bits per heavy atom. The molecule has 1 amide bonds. The minimum atomic E-state index is -0.164. The zero-order chi connectivity index (χ0) is 17.3. The molecule has 1 heterocycles. The fraction of sp³-hybridized carbons (Fsp3) is 0.111. The summed E-state index contributed by atoms with van der Waals surface area (Å²) in [5.74, 6) is -0.164. The summed E-state index contributed by atoms with van der Waals surface area (Å²) in [5.41, 5.74) is 3.22. The van der Waals surface area contributed by atoms with Crippen molar-refractivity contribution in [2.24, 2.45) is 0 Å². The van der Waals surface area contributed by atoms with Gasteiger partial charge in [0.15, 0.2) is 5.13 Å². The highest BCUT2D eigenvalue weighted by atomic mass is 35.5. The first-order valence-corrected chi connectivity index (χ1v) is 8.83. The maximum Gasteiger partial charge on any atom is 0.257 e. The van der Waals surface area contributed by atoms with Crippen molar-refractivity contribution < 1.29 is 4.79 Å². The van der Waals surface area contributed by atoms with Crippen molar-refractivity contribution in [1.29, 1.82) is 0 Å². The van der Waals surface area contributed by atoms with E-state index in [0.717, 1.165) is 21.7 Å². The van der Waals surface area contributed by atoms with E-state index in [-0.39, 0.29) is 5.91 Å². The Morgan fingerprint density at radius 2 is 1.83 bits per heavy atom. The van der Waals surface area contributed by atoms with Crippen LogP contribution in [-0.2, 0) is 0 Å². The number of nitrogens with one attached hydrogen (secondary N) is 1. The van der Waals surface area contributed by atoms with Crippen LogP contribution in [0.1, 0.15) is 20.8 Å². The molecular weight excluding hydrogens is 363 g/mol. The molecule has 122 valence electrons. The molecule has 0 saturated heterocycles. The van der Waals surface area contributed by atoms with Gasteiger partial charge in [0, 0.05) is 16.0 Å². The predicted molar refractivity (Wildman–Crippen MR) is 101 cm³/mol. The average molecular weight is 377 g/mol. The van der Waals surface area contributed by atoms with Gasteiger partial charge in [0.05, 0.1) is 15.7 Å². The summed E-state index contributed by atoms with van der Waals surface area (Å²) in [7, 11) is 0. The van der Waals surface area contributed by atoms with Gasteiger partial charge in [0.1, 0.15) is 0 Å². The van der Waals surface area contributed by atoms with E-state index in [1.807, 2.05) is 38.1 Å². The van der Waals surface area contributed by atoms with Crippen molar-refractivity contribution >= 4 is 45.6 Å². The first-order valence-electron chi connectivity index (χ1n) is 7.25. The molecule has 6 heteroatoms. The van der Waals surface area contributed by atoms with Crippen LogP contribution >= 0.6 is 34.5 Å². The van der Waals surface area contributed by atoms with Crippen molar-refractivity contribution in [2.75, 3.05) is 5.32 Å². The van der Waals surface area contributed by atoms with E-state index in [1.165, 1.54) is 11.3 Å². The average Bonchev–Trinajstić information content (AvgIpc) is 2.91. The SMILES string of the molecule is Cc1ccccc1C(=O)Nc1nc(-c2ccc(Cl)c(Cl)c2)c(C)s1. The third-order valence-electron chi connectivity index (χ3n) is 3.60. The van der Waals surface area contributed by atoms with E-state index >= 15 is 0 Å². The van der Waals surface area contributed by atoms with Crippen molar-refractivity contribution in [1.82, 2.24) is 4.98 Å². The molecule has 0 bridgehead atoms. The molecule has 1 N–H and O–H groups in total. The van der Waals surface area contributed by atoms with E-state index < -0.39 is 0 Å². The first-order chi connectivity index (χ1) is 11.5. The quantitative estimate of drug-likeness (QED) is 0.610. The molecule has 0 fully saturated rings. The molecule has 3 rings (SSSR count). The van der Waals surface area contributed by atoms with Crippen LogP contribution in [0.4, 0.5) is 5.13 Å². The van der Waals surface area contributed by atoms with Crippen LogP contribution in [-0.4, -0.2) is 10.9 Å². The number of rotatable bonds is 3. The molecule has 0 aliphatic heterocycles. The van der Waals surface area contributed by atoms with Gasteiger partial charge in [-0.3, -0.25) is 10.1 Å². The number of carbonyl (C=O) groups is 1. The Labute approximate surface area is 154 Å². The van der Waals surface area contributed by atoms with Crippen LogP contribution in [0.15, 0.2) is 42.5 Å². The topological polar surface area (TPSA) is 42.0 Å². The molecule has 0 spiro atoms. The smallest absolute Gasteiger partial charge is 0.257 e. The Bertz CT molecular complexity index is 921. The van der Waals surface area contributed by atoms with Gasteiger partial charge < -0.3 is 0 Å². The molecule has 3 nitrogen and oxygen atoms in total. The molecule has 1 aromatic heterocycles.